The highest BCUT2D eigenvalue weighted by Gasteiger charge is 2.23. The van der Waals surface area contributed by atoms with E-state index in [2.05, 4.69) is 0 Å². The quantitative estimate of drug-likeness (QED) is 0.874. The minimum Gasteiger partial charge on any atom is -0.490 e. The predicted octanol–water partition coefficient (Wildman–Crippen LogP) is 1.31. The summed E-state index contributed by atoms with van der Waals surface area (Å²) in [5, 5.41) is 0. The lowest BCUT2D eigenvalue weighted by Crippen LogP contribution is -2.31. The zero-order chi connectivity index (χ0) is 13.2. The van der Waals surface area contributed by atoms with Crippen LogP contribution in [-0.4, -0.2) is 26.2 Å². The predicted molar refractivity (Wildman–Crippen MR) is 67.0 cm³/mol. The van der Waals surface area contributed by atoms with Crippen LogP contribution in [-0.2, 0) is 10.0 Å². The Kier molecular flexibility index (Phi) is 3.56. The van der Waals surface area contributed by atoms with Gasteiger partial charge in [-0.25, -0.2) is 13.1 Å². The number of hydrogen-bond donors (Lipinski definition) is 1. The number of amides is 1. The van der Waals surface area contributed by atoms with Crippen molar-refractivity contribution in [1.82, 2.24) is 4.72 Å². The standard InChI is InChI=1S/C12H15NO4S/c1-2-18(15,16)13-12(14)9-3-5-10(6-4-9)17-11-7-8-11/h3-6,11H,2,7-8H2,1H3,(H,13,14). The highest BCUT2D eigenvalue weighted by Crippen LogP contribution is 2.26. The van der Waals surface area contributed by atoms with Gasteiger partial charge in [0.05, 0.1) is 11.9 Å². The molecule has 1 fully saturated rings. The molecule has 0 bridgehead atoms. The Balaban J connectivity index is 2.02. The zero-order valence-corrected chi connectivity index (χ0v) is 10.9. The molecule has 0 radical (unpaired) electrons. The van der Waals surface area contributed by atoms with Gasteiger partial charge in [0.25, 0.3) is 5.91 Å². The number of carbonyl (C=O) groups is 1. The molecule has 1 aliphatic rings. The Hall–Kier alpha value is -1.56. The van der Waals surface area contributed by atoms with Crippen LogP contribution in [0.3, 0.4) is 0 Å². The topological polar surface area (TPSA) is 72.5 Å². The molecule has 18 heavy (non-hydrogen) atoms. The number of hydrogen-bond acceptors (Lipinski definition) is 4. The van der Waals surface area contributed by atoms with E-state index in [1.165, 1.54) is 6.92 Å². The molecule has 1 aliphatic carbocycles. The molecule has 1 amide bonds. The summed E-state index contributed by atoms with van der Waals surface area (Å²) in [5.74, 6) is -0.0380. The average molecular weight is 269 g/mol. The third-order valence-corrected chi connectivity index (χ3v) is 3.83. The number of benzene rings is 1. The van der Waals surface area contributed by atoms with Gasteiger partial charge in [-0.3, -0.25) is 4.79 Å². The van der Waals surface area contributed by atoms with Crippen LogP contribution in [0.15, 0.2) is 24.3 Å². The van der Waals surface area contributed by atoms with E-state index < -0.39 is 15.9 Å². The number of rotatable bonds is 5. The summed E-state index contributed by atoms with van der Waals surface area (Å²) in [7, 11) is -3.52. The SMILES string of the molecule is CCS(=O)(=O)NC(=O)c1ccc(OC2CC2)cc1. The van der Waals surface area contributed by atoms with Crippen LogP contribution in [0.2, 0.25) is 0 Å². The van der Waals surface area contributed by atoms with E-state index in [4.69, 9.17) is 4.74 Å². The Morgan fingerprint density at radius 3 is 2.44 bits per heavy atom. The molecule has 1 saturated carbocycles. The van der Waals surface area contributed by atoms with Crippen LogP contribution in [0.4, 0.5) is 0 Å². The Bertz CT molecular complexity index is 532. The van der Waals surface area contributed by atoms with Crippen molar-refractivity contribution in [3.63, 3.8) is 0 Å². The molecule has 1 N–H and O–H groups in total. The van der Waals surface area contributed by atoms with Crippen LogP contribution in [0.25, 0.3) is 0 Å². The molecular weight excluding hydrogens is 254 g/mol. The number of ether oxygens (including phenoxy) is 1. The molecule has 98 valence electrons. The Morgan fingerprint density at radius 2 is 1.94 bits per heavy atom. The van der Waals surface area contributed by atoms with Crippen LogP contribution >= 0.6 is 0 Å². The summed E-state index contributed by atoms with van der Waals surface area (Å²) in [6, 6.07) is 6.45. The van der Waals surface area contributed by atoms with Crippen LogP contribution < -0.4 is 9.46 Å². The molecule has 0 spiro atoms. The van der Waals surface area contributed by atoms with Gasteiger partial charge in [-0.1, -0.05) is 0 Å². The maximum absolute atomic E-state index is 11.6. The number of sulfonamides is 1. The van der Waals surface area contributed by atoms with E-state index in [-0.39, 0.29) is 5.75 Å². The minimum atomic E-state index is -3.52. The first-order valence-corrected chi connectivity index (χ1v) is 7.47. The summed E-state index contributed by atoms with van der Waals surface area (Å²) in [6.07, 6.45) is 2.43. The third kappa shape index (κ3) is 3.46. The molecule has 0 saturated heterocycles. The molecule has 1 aromatic rings. The molecule has 0 aliphatic heterocycles. The second kappa shape index (κ2) is 4.97. The normalized spacial score (nSPS) is 15.2. The van der Waals surface area contributed by atoms with E-state index in [0.717, 1.165) is 12.8 Å². The minimum absolute atomic E-state index is 0.123. The Morgan fingerprint density at radius 1 is 1.33 bits per heavy atom. The van der Waals surface area contributed by atoms with Crippen molar-refractivity contribution in [2.24, 2.45) is 0 Å². The molecule has 0 unspecified atom stereocenters. The number of nitrogens with one attached hydrogen (secondary N) is 1. The van der Waals surface area contributed by atoms with E-state index in [1.54, 1.807) is 24.3 Å². The first-order valence-electron chi connectivity index (χ1n) is 5.82. The van der Waals surface area contributed by atoms with Crippen molar-refractivity contribution in [3.05, 3.63) is 29.8 Å². The van der Waals surface area contributed by atoms with Crippen molar-refractivity contribution in [2.75, 3.05) is 5.75 Å². The van der Waals surface area contributed by atoms with E-state index in [9.17, 15) is 13.2 Å². The van der Waals surface area contributed by atoms with Gasteiger partial charge in [0.2, 0.25) is 10.0 Å². The van der Waals surface area contributed by atoms with Crippen LogP contribution in [0, 0.1) is 0 Å². The maximum Gasteiger partial charge on any atom is 0.264 e. The smallest absolute Gasteiger partial charge is 0.264 e. The first kappa shape index (κ1) is 12.9. The van der Waals surface area contributed by atoms with Gasteiger partial charge in [-0.2, -0.15) is 0 Å². The van der Waals surface area contributed by atoms with Crippen LogP contribution in [0.5, 0.6) is 5.75 Å². The lowest BCUT2D eigenvalue weighted by Gasteiger charge is -2.06. The second-order valence-corrected chi connectivity index (χ2v) is 6.19. The molecular formula is C12H15NO4S. The molecule has 5 nitrogen and oxygen atoms in total. The van der Waals surface area contributed by atoms with Gasteiger partial charge >= 0.3 is 0 Å². The molecule has 6 heteroatoms. The summed E-state index contributed by atoms with van der Waals surface area (Å²) >= 11 is 0. The molecule has 0 aromatic heterocycles. The van der Waals surface area contributed by atoms with Gasteiger partial charge < -0.3 is 4.74 Å². The van der Waals surface area contributed by atoms with Crippen molar-refractivity contribution < 1.29 is 17.9 Å². The lowest BCUT2D eigenvalue weighted by atomic mass is 10.2. The largest absolute Gasteiger partial charge is 0.490 e. The van der Waals surface area contributed by atoms with E-state index in [0.29, 0.717) is 17.4 Å². The van der Waals surface area contributed by atoms with Gasteiger partial charge in [-0.15, -0.1) is 0 Å². The maximum atomic E-state index is 11.6. The number of carbonyl (C=O) groups excluding carboxylic acids is 1. The molecule has 0 heterocycles. The van der Waals surface area contributed by atoms with Crippen molar-refractivity contribution in [2.45, 2.75) is 25.9 Å². The molecule has 2 rings (SSSR count). The average Bonchev–Trinajstić information content (AvgIpc) is 3.13. The summed E-state index contributed by atoms with van der Waals surface area (Å²) in [6.45, 7) is 1.47. The monoisotopic (exact) mass is 269 g/mol. The highest BCUT2D eigenvalue weighted by atomic mass is 32.2. The summed E-state index contributed by atoms with van der Waals surface area (Å²) < 4.78 is 30.0. The van der Waals surface area contributed by atoms with Crippen molar-refractivity contribution >= 4 is 15.9 Å². The third-order valence-electron chi connectivity index (χ3n) is 2.57. The summed E-state index contributed by atoms with van der Waals surface area (Å²) in [4.78, 5) is 11.6. The fourth-order valence-electron chi connectivity index (χ4n) is 1.34. The first-order chi connectivity index (χ1) is 8.50. The summed E-state index contributed by atoms with van der Waals surface area (Å²) in [5.41, 5.74) is 0.301. The van der Waals surface area contributed by atoms with Gasteiger partial charge in [0.15, 0.2) is 0 Å². The fourth-order valence-corrected chi connectivity index (χ4v) is 1.88. The van der Waals surface area contributed by atoms with Gasteiger partial charge in [0.1, 0.15) is 5.75 Å². The van der Waals surface area contributed by atoms with Crippen molar-refractivity contribution in [1.29, 1.82) is 0 Å². The highest BCUT2D eigenvalue weighted by molar-refractivity contribution is 7.90. The van der Waals surface area contributed by atoms with Crippen LogP contribution in [0.1, 0.15) is 30.1 Å². The van der Waals surface area contributed by atoms with Gasteiger partial charge in [0, 0.05) is 5.56 Å². The van der Waals surface area contributed by atoms with Crippen molar-refractivity contribution in [3.8, 4) is 5.75 Å². The fraction of sp³-hybridized carbons (Fsp3) is 0.417. The second-order valence-electron chi connectivity index (χ2n) is 4.18. The molecule has 1 aromatic carbocycles. The Labute approximate surface area is 106 Å². The lowest BCUT2D eigenvalue weighted by molar-refractivity contribution is 0.0981. The zero-order valence-electron chi connectivity index (χ0n) is 10.0. The van der Waals surface area contributed by atoms with E-state index in [1.807, 2.05) is 4.72 Å². The van der Waals surface area contributed by atoms with Gasteiger partial charge in [-0.05, 0) is 44.0 Å². The van der Waals surface area contributed by atoms with E-state index >= 15 is 0 Å². The molecule has 0 atom stereocenters.